The summed E-state index contributed by atoms with van der Waals surface area (Å²) in [6, 6.07) is 3.68. The lowest BCUT2D eigenvalue weighted by atomic mass is 9.84. The van der Waals surface area contributed by atoms with Gasteiger partial charge in [0.15, 0.2) is 0 Å². The van der Waals surface area contributed by atoms with E-state index in [4.69, 9.17) is 0 Å². The van der Waals surface area contributed by atoms with Gasteiger partial charge in [0.05, 0.1) is 36.2 Å². The van der Waals surface area contributed by atoms with Crippen molar-refractivity contribution in [1.82, 2.24) is 24.9 Å². The number of carbonyl (C=O) groups excluding carboxylic acids is 2. The normalized spacial score (nSPS) is 19.3. The molecule has 1 saturated heterocycles. The number of nitrogens with one attached hydrogen (secondary N) is 2. The minimum Gasteiger partial charge on any atom is -0.350 e. The summed E-state index contributed by atoms with van der Waals surface area (Å²) in [6.07, 6.45) is 0.581. The molecule has 2 aromatic heterocycles. The van der Waals surface area contributed by atoms with Crippen LogP contribution >= 0.6 is 0 Å². The molecule has 1 unspecified atom stereocenters. The summed E-state index contributed by atoms with van der Waals surface area (Å²) in [5.41, 5.74) is 1.26. The lowest BCUT2D eigenvalue weighted by Crippen LogP contribution is -2.55. The van der Waals surface area contributed by atoms with Crippen molar-refractivity contribution < 1.29 is 31.5 Å². The first kappa shape index (κ1) is 25.5. The van der Waals surface area contributed by atoms with Gasteiger partial charge in [0.1, 0.15) is 17.7 Å². The number of fused-ring (bicyclic) bond motifs is 1. The van der Waals surface area contributed by atoms with Crippen LogP contribution in [0.15, 0.2) is 49.1 Å². The minimum atomic E-state index is -4.52. The third kappa shape index (κ3) is 5.64. The van der Waals surface area contributed by atoms with Crippen LogP contribution in [-0.2, 0) is 4.79 Å². The van der Waals surface area contributed by atoms with E-state index in [1.165, 1.54) is 4.90 Å². The molecule has 1 aromatic carbocycles. The van der Waals surface area contributed by atoms with Crippen LogP contribution in [0.2, 0.25) is 0 Å². The van der Waals surface area contributed by atoms with E-state index in [0.717, 1.165) is 25.1 Å². The van der Waals surface area contributed by atoms with Gasteiger partial charge >= 0.3 is 6.18 Å². The Hall–Kier alpha value is -3.54. The summed E-state index contributed by atoms with van der Waals surface area (Å²) >= 11 is 0. The highest BCUT2D eigenvalue weighted by Crippen LogP contribution is 2.31. The number of likely N-dealkylation sites (tertiary alicyclic amines) is 1. The molecular formula is C24H24F5N5O2. The zero-order valence-corrected chi connectivity index (χ0v) is 19.2. The van der Waals surface area contributed by atoms with Gasteiger partial charge < -0.3 is 14.6 Å². The third-order valence-electron chi connectivity index (χ3n) is 6.30. The van der Waals surface area contributed by atoms with Gasteiger partial charge in [-0.2, -0.15) is 13.2 Å². The molecule has 0 saturated carbocycles. The van der Waals surface area contributed by atoms with Crippen molar-refractivity contribution in [3.05, 3.63) is 71.8 Å². The Morgan fingerprint density at radius 1 is 1.19 bits per heavy atom. The number of nitrogens with zero attached hydrogens (tertiary/aromatic N) is 3. The smallest absolute Gasteiger partial charge is 0.350 e. The van der Waals surface area contributed by atoms with Crippen molar-refractivity contribution in [2.24, 2.45) is 0 Å². The van der Waals surface area contributed by atoms with Crippen molar-refractivity contribution in [3.63, 3.8) is 0 Å². The molecule has 4 rings (SSSR count). The number of hydrogen-bond acceptors (Lipinski definition) is 4. The maximum Gasteiger partial charge on any atom is 0.403 e. The lowest BCUT2D eigenvalue weighted by Gasteiger charge is -2.39. The molecular weight excluding hydrogens is 485 g/mol. The summed E-state index contributed by atoms with van der Waals surface area (Å²) in [7, 11) is 0. The van der Waals surface area contributed by atoms with Crippen LogP contribution in [0.5, 0.6) is 0 Å². The molecule has 0 radical (unpaired) electrons. The van der Waals surface area contributed by atoms with Crippen molar-refractivity contribution in [2.75, 3.05) is 19.6 Å². The van der Waals surface area contributed by atoms with Gasteiger partial charge in [0.25, 0.3) is 5.91 Å². The second-order valence-corrected chi connectivity index (χ2v) is 8.78. The Kier molecular flexibility index (Phi) is 7.25. The number of imidazole rings is 1. The molecule has 12 heteroatoms. The minimum absolute atomic E-state index is 0.00259. The predicted molar refractivity (Wildman–Crippen MR) is 120 cm³/mol. The average molecular weight is 509 g/mol. The van der Waals surface area contributed by atoms with Crippen LogP contribution in [0.25, 0.3) is 5.52 Å². The fraction of sp³-hybridized carbons (Fsp3) is 0.375. The van der Waals surface area contributed by atoms with Crippen LogP contribution in [0.3, 0.4) is 0 Å². The van der Waals surface area contributed by atoms with E-state index in [-0.39, 0.29) is 25.4 Å². The maximum absolute atomic E-state index is 13.9. The number of benzene rings is 1. The van der Waals surface area contributed by atoms with Crippen LogP contribution in [0.1, 0.15) is 35.2 Å². The van der Waals surface area contributed by atoms with Crippen molar-refractivity contribution in [1.29, 1.82) is 0 Å². The first-order valence-electron chi connectivity index (χ1n) is 11.3. The molecule has 3 heterocycles. The van der Waals surface area contributed by atoms with Gasteiger partial charge in [0.2, 0.25) is 5.91 Å². The molecule has 1 aliphatic heterocycles. The maximum atomic E-state index is 13.9. The van der Waals surface area contributed by atoms with Crippen LogP contribution in [-0.4, -0.2) is 64.0 Å². The zero-order chi connectivity index (χ0) is 26.0. The molecule has 3 atom stereocenters. The monoisotopic (exact) mass is 509 g/mol. The second kappa shape index (κ2) is 10.2. The van der Waals surface area contributed by atoms with Crippen molar-refractivity contribution >= 4 is 17.3 Å². The number of halogens is 5. The molecule has 192 valence electrons. The van der Waals surface area contributed by atoms with Gasteiger partial charge in [-0.25, -0.2) is 13.8 Å². The first-order valence-corrected chi connectivity index (χ1v) is 11.3. The van der Waals surface area contributed by atoms with Gasteiger partial charge in [-0.05, 0) is 43.2 Å². The Morgan fingerprint density at radius 3 is 2.61 bits per heavy atom. The van der Waals surface area contributed by atoms with Crippen molar-refractivity contribution in [3.8, 4) is 0 Å². The quantitative estimate of drug-likeness (QED) is 0.500. The highest BCUT2D eigenvalue weighted by atomic mass is 19.4. The second-order valence-electron chi connectivity index (χ2n) is 8.78. The number of piperidine rings is 1. The van der Waals surface area contributed by atoms with Crippen molar-refractivity contribution in [2.45, 2.75) is 37.5 Å². The Morgan fingerprint density at radius 2 is 1.92 bits per heavy atom. The third-order valence-corrected chi connectivity index (χ3v) is 6.30. The Labute approximate surface area is 203 Å². The van der Waals surface area contributed by atoms with Gasteiger partial charge in [0, 0.05) is 31.3 Å². The van der Waals surface area contributed by atoms with Crippen LogP contribution in [0.4, 0.5) is 22.0 Å². The van der Waals surface area contributed by atoms with Crippen LogP contribution in [0, 0.1) is 11.6 Å². The fourth-order valence-electron chi connectivity index (χ4n) is 4.39. The molecule has 36 heavy (non-hydrogen) atoms. The number of pyridine rings is 1. The number of hydrogen-bond donors (Lipinski definition) is 2. The van der Waals surface area contributed by atoms with Crippen LogP contribution < -0.4 is 10.6 Å². The number of rotatable bonds is 6. The average Bonchev–Trinajstić information content (AvgIpc) is 3.30. The molecule has 1 aliphatic rings. The van der Waals surface area contributed by atoms with E-state index in [9.17, 15) is 31.5 Å². The summed E-state index contributed by atoms with van der Waals surface area (Å²) in [6.45, 7) is 0.512. The van der Waals surface area contributed by atoms with E-state index in [2.05, 4.69) is 15.6 Å². The highest BCUT2D eigenvalue weighted by molar-refractivity contribution is 6.00. The predicted octanol–water partition coefficient (Wildman–Crippen LogP) is 3.27. The van der Waals surface area contributed by atoms with E-state index in [0.29, 0.717) is 16.6 Å². The molecule has 2 N–H and O–H groups in total. The Bertz CT molecular complexity index is 1240. The number of amides is 2. The highest BCUT2D eigenvalue weighted by Gasteiger charge is 2.37. The van der Waals surface area contributed by atoms with Gasteiger partial charge in [-0.15, -0.1) is 0 Å². The molecule has 1 fully saturated rings. The lowest BCUT2D eigenvalue weighted by molar-refractivity contribution is -0.152. The summed E-state index contributed by atoms with van der Waals surface area (Å²) in [5.74, 6) is -3.20. The fourth-order valence-corrected chi connectivity index (χ4v) is 4.39. The number of aromatic nitrogens is 2. The topological polar surface area (TPSA) is 78.7 Å². The number of carbonyl (C=O) groups is 2. The summed E-state index contributed by atoms with van der Waals surface area (Å²) < 4.78 is 67.9. The number of alkyl halides is 3. The molecule has 7 nitrogen and oxygen atoms in total. The molecule has 0 spiro atoms. The standard InChI is InChI=1S/C24H24F5N5O2/c1-14(24(27,28)29)31-11-22(35)32-20-12-33(6-4-18(20)15-7-16(25)9-17(26)8-15)23(36)19-3-2-5-34-13-30-10-21(19)34/h2-3,5,7-10,13-14,18,20,31H,4,6,11-12H2,1H3,(H,32,35)/t14?,18-,20+/m0/s1. The van der Waals surface area contributed by atoms with Gasteiger partial charge in [-0.3, -0.25) is 14.9 Å². The largest absolute Gasteiger partial charge is 0.403 e. The van der Waals surface area contributed by atoms with Gasteiger partial charge in [-0.1, -0.05) is 0 Å². The first-order chi connectivity index (χ1) is 17.0. The zero-order valence-electron chi connectivity index (χ0n) is 19.2. The van der Waals surface area contributed by atoms with E-state index < -0.39 is 48.3 Å². The molecule has 3 aromatic rings. The molecule has 0 bridgehead atoms. The van der Waals surface area contributed by atoms with E-state index in [1.54, 1.807) is 35.3 Å². The summed E-state index contributed by atoms with van der Waals surface area (Å²) in [5, 5.41) is 4.77. The molecule has 0 aliphatic carbocycles. The summed E-state index contributed by atoms with van der Waals surface area (Å²) in [4.78, 5) is 31.4. The SMILES string of the molecule is CC(NCC(=O)N[C@@H]1CN(C(=O)c2cccn3cncc23)CC[C@H]1c1cc(F)cc(F)c1)C(F)(F)F. The van der Waals surface area contributed by atoms with E-state index in [1.807, 2.05) is 0 Å². The van der Waals surface area contributed by atoms with E-state index >= 15 is 0 Å². The molecule has 2 amide bonds. The Balaban J connectivity index is 1.55.